The second kappa shape index (κ2) is 10.5. The molecule has 3 heterocycles. The summed E-state index contributed by atoms with van der Waals surface area (Å²) in [6, 6.07) is 7.61. The van der Waals surface area contributed by atoms with E-state index in [0.717, 1.165) is 25.0 Å². The first kappa shape index (κ1) is 22.9. The molecule has 1 aliphatic rings. The Morgan fingerprint density at radius 1 is 1.19 bits per heavy atom. The molecule has 3 rings (SSSR count). The molecule has 0 aliphatic carbocycles. The number of rotatable bonds is 8. The third kappa shape index (κ3) is 6.89. The largest absolute Gasteiger partial charge is 0.467 e. The minimum absolute atomic E-state index is 0.0920. The lowest BCUT2D eigenvalue weighted by atomic mass is 10.0. The molecular formula is C23H33N3O5. The minimum atomic E-state index is -0.497. The molecule has 1 fully saturated rings. The summed E-state index contributed by atoms with van der Waals surface area (Å²) in [5.41, 5.74) is 0.149. The van der Waals surface area contributed by atoms with Crippen LogP contribution < -0.4 is 5.32 Å². The summed E-state index contributed by atoms with van der Waals surface area (Å²) in [6.45, 7) is 8.36. The van der Waals surface area contributed by atoms with Gasteiger partial charge in [0.15, 0.2) is 0 Å². The van der Waals surface area contributed by atoms with Crippen molar-refractivity contribution in [3.05, 3.63) is 48.2 Å². The van der Waals surface area contributed by atoms with Crippen LogP contribution >= 0.6 is 0 Å². The second-order valence-corrected chi connectivity index (χ2v) is 8.74. The Labute approximate surface area is 183 Å². The van der Waals surface area contributed by atoms with Crippen LogP contribution in [0.1, 0.15) is 62.3 Å². The minimum Gasteiger partial charge on any atom is -0.467 e. The van der Waals surface area contributed by atoms with Crippen LogP contribution in [0, 0.1) is 0 Å². The summed E-state index contributed by atoms with van der Waals surface area (Å²) in [5, 5.41) is 2.96. The van der Waals surface area contributed by atoms with Crippen molar-refractivity contribution < 1.29 is 23.5 Å². The van der Waals surface area contributed by atoms with Gasteiger partial charge in [0.2, 0.25) is 0 Å². The topological polar surface area (TPSA) is 85.9 Å². The summed E-state index contributed by atoms with van der Waals surface area (Å²) >= 11 is 0. The smallest absolute Gasteiger partial charge is 0.410 e. The fourth-order valence-corrected chi connectivity index (χ4v) is 3.59. The highest BCUT2D eigenvalue weighted by Crippen LogP contribution is 2.25. The van der Waals surface area contributed by atoms with E-state index in [2.05, 4.69) is 5.32 Å². The Kier molecular flexibility index (Phi) is 7.79. The van der Waals surface area contributed by atoms with Gasteiger partial charge in [0.05, 0.1) is 6.26 Å². The molecule has 2 aromatic rings. The molecule has 8 nitrogen and oxygen atoms in total. The number of hydrogen-bond donors (Lipinski definition) is 1. The number of carbonyl (C=O) groups is 2. The molecule has 2 amide bonds. The van der Waals surface area contributed by atoms with Crippen molar-refractivity contribution in [2.24, 2.45) is 0 Å². The van der Waals surface area contributed by atoms with Crippen molar-refractivity contribution in [2.75, 3.05) is 26.2 Å². The quantitative estimate of drug-likeness (QED) is 0.639. The number of aromatic nitrogens is 1. The number of nitrogens with one attached hydrogen (secondary N) is 1. The number of amides is 2. The average Bonchev–Trinajstić information content (AvgIpc) is 3.41. The van der Waals surface area contributed by atoms with Gasteiger partial charge in [-0.15, -0.1) is 0 Å². The molecule has 1 saturated heterocycles. The summed E-state index contributed by atoms with van der Waals surface area (Å²) < 4.78 is 18.2. The van der Waals surface area contributed by atoms with Crippen molar-refractivity contribution in [2.45, 2.75) is 58.3 Å². The van der Waals surface area contributed by atoms with Crippen molar-refractivity contribution in [1.29, 1.82) is 0 Å². The van der Waals surface area contributed by atoms with Gasteiger partial charge in [0.1, 0.15) is 23.7 Å². The molecular weight excluding hydrogens is 398 g/mol. The van der Waals surface area contributed by atoms with Crippen LogP contribution in [0.4, 0.5) is 4.79 Å². The molecule has 31 heavy (non-hydrogen) atoms. The predicted molar refractivity (Wildman–Crippen MR) is 116 cm³/mol. The fraction of sp³-hybridized carbons (Fsp3) is 0.565. The zero-order valence-corrected chi connectivity index (χ0v) is 18.6. The number of furan rings is 1. The highest BCUT2D eigenvalue weighted by molar-refractivity contribution is 5.92. The zero-order valence-electron chi connectivity index (χ0n) is 18.6. The number of nitrogens with zero attached hydrogens (tertiary/aromatic N) is 2. The van der Waals surface area contributed by atoms with Crippen LogP contribution in [0.15, 0.2) is 41.1 Å². The SMILES string of the molecule is CC(C)(C)OC(=O)N1CCC(n2cccc2C(=O)NCCCOCc2ccco2)CC1. The van der Waals surface area contributed by atoms with Crippen LogP contribution in [0.2, 0.25) is 0 Å². The van der Waals surface area contributed by atoms with Crippen LogP contribution in [0.25, 0.3) is 0 Å². The van der Waals surface area contributed by atoms with Gasteiger partial charge >= 0.3 is 6.09 Å². The molecule has 0 unspecified atom stereocenters. The van der Waals surface area contributed by atoms with Crippen molar-refractivity contribution >= 4 is 12.0 Å². The standard InChI is InChI=1S/C23H33N3O5/c1-23(2,3)31-22(28)25-13-9-18(10-14-25)26-12-4-8-20(26)21(27)24-11-6-15-29-17-19-7-5-16-30-19/h4-5,7-8,12,16,18H,6,9-11,13-15,17H2,1-3H3,(H,24,27). The first-order valence-corrected chi connectivity index (χ1v) is 10.9. The predicted octanol–water partition coefficient (Wildman–Crippen LogP) is 3.99. The van der Waals surface area contributed by atoms with Gasteiger partial charge in [0, 0.05) is 38.5 Å². The lowest BCUT2D eigenvalue weighted by molar-refractivity contribution is 0.0187. The maximum Gasteiger partial charge on any atom is 0.410 e. The van der Waals surface area contributed by atoms with Gasteiger partial charge in [-0.2, -0.15) is 0 Å². The van der Waals surface area contributed by atoms with E-state index in [4.69, 9.17) is 13.9 Å². The van der Waals surface area contributed by atoms with Crippen molar-refractivity contribution in [1.82, 2.24) is 14.8 Å². The number of ether oxygens (including phenoxy) is 2. The monoisotopic (exact) mass is 431 g/mol. The highest BCUT2D eigenvalue weighted by Gasteiger charge is 2.28. The van der Waals surface area contributed by atoms with Gasteiger partial charge in [-0.25, -0.2) is 4.79 Å². The molecule has 2 aromatic heterocycles. The number of hydrogen-bond acceptors (Lipinski definition) is 5. The molecule has 0 spiro atoms. The van der Waals surface area contributed by atoms with Crippen LogP contribution in [-0.2, 0) is 16.1 Å². The summed E-state index contributed by atoms with van der Waals surface area (Å²) in [4.78, 5) is 26.6. The van der Waals surface area contributed by atoms with E-state index in [1.54, 1.807) is 11.2 Å². The third-order valence-corrected chi connectivity index (χ3v) is 5.10. The number of likely N-dealkylation sites (tertiary alicyclic amines) is 1. The van der Waals surface area contributed by atoms with Crippen molar-refractivity contribution in [3.8, 4) is 0 Å². The highest BCUT2D eigenvalue weighted by atomic mass is 16.6. The molecule has 170 valence electrons. The number of carbonyl (C=O) groups excluding carboxylic acids is 2. The van der Waals surface area contributed by atoms with Crippen LogP contribution in [-0.4, -0.2) is 53.3 Å². The Balaban J connectivity index is 1.41. The van der Waals surface area contributed by atoms with Crippen molar-refractivity contribution in [3.63, 3.8) is 0 Å². The molecule has 0 aromatic carbocycles. The van der Waals surface area contributed by atoms with Gasteiger partial charge in [-0.3, -0.25) is 4.79 Å². The Morgan fingerprint density at radius 2 is 1.97 bits per heavy atom. The van der Waals surface area contributed by atoms with E-state index in [-0.39, 0.29) is 18.0 Å². The van der Waals surface area contributed by atoms with E-state index in [1.165, 1.54) is 0 Å². The van der Waals surface area contributed by atoms with Crippen LogP contribution in [0.3, 0.4) is 0 Å². The van der Waals surface area contributed by atoms with E-state index in [9.17, 15) is 9.59 Å². The Hall–Kier alpha value is -2.74. The lowest BCUT2D eigenvalue weighted by Gasteiger charge is -2.34. The zero-order chi connectivity index (χ0) is 22.3. The van der Waals surface area contributed by atoms with E-state index < -0.39 is 5.60 Å². The van der Waals surface area contributed by atoms with E-state index in [0.29, 0.717) is 38.5 Å². The average molecular weight is 432 g/mol. The fourth-order valence-electron chi connectivity index (χ4n) is 3.59. The molecule has 1 N–H and O–H groups in total. The third-order valence-electron chi connectivity index (χ3n) is 5.10. The van der Waals surface area contributed by atoms with Gasteiger partial charge in [-0.05, 0) is 64.3 Å². The van der Waals surface area contributed by atoms with Gasteiger partial charge < -0.3 is 28.7 Å². The maximum absolute atomic E-state index is 12.6. The van der Waals surface area contributed by atoms with Gasteiger partial charge in [-0.1, -0.05) is 0 Å². The first-order chi connectivity index (χ1) is 14.8. The molecule has 1 aliphatic heterocycles. The molecule has 0 saturated carbocycles. The Bertz CT molecular complexity index is 830. The Morgan fingerprint density at radius 3 is 2.65 bits per heavy atom. The van der Waals surface area contributed by atoms with Crippen LogP contribution in [0.5, 0.6) is 0 Å². The van der Waals surface area contributed by atoms with Gasteiger partial charge in [0.25, 0.3) is 5.91 Å². The first-order valence-electron chi connectivity index (χ1n) is 10.9. The summed E-state index contributed by atoms with van der Waals surface area (Å²) in [5.74, 6) is 0.699. The molecule has 0 atom stereocenters. The molecule has 0 radical (unpaired) electrons. The number of piperidine rings is 1. The van der Waals surface area contributed by atoms with E-state index in [1.807, 2.05) is 55.8 Å². The summed E-state index contributed by atoms with van der Waals surface area (Å²) in [7, 11) is 0. The molecule has 0 bridgehead atoms. The molecule has 8 heteroatoms. The normalized spacial score (nSPS) is 15.1. The lowest BCUT2D eigenvalue weighted by Crippen LogP contribution is -2.42. The second-order valence-electron chi connectivity index (χ2n) is 8.74. The summed E-state index contributed by atoms with van der Waals surface area (Å²) in [6.07, 6.45) is 5.58. The maximum atomic E-state index is 12.6. The van der Waals surface area contributed by atoms with E-state index >= 15 is 0 Å².